The Hall–Kier alpha value is -0.500. The molecule has 2 unspecified atom stereocenters. The molecule has 2 aliphatic rings. The number of hydrogen-bond acceptors (Lipinski definition) is 5. The van der Waals surface area contributed by atoms with Crippen molar-refractivity contribution < 1.29 is 9.53 Å². The van der Waals surface area contributed by atoms with Gasteiger partial charge >= 0.3 is 0 Å². The van der Waals surface area contributed by atoms with Gasteiger partial charge in [0.2, 0.25) is 5.91 Å². The third kappa shape index (κ3) is 7.80. The van der Waals surface area contributed by atoms with Crippen molar-refractivity contribution >= 4 is 42.5 Å². The summed E-state index contributed by atoms with van der Waals surface area (Å²) in [7, 11) is 0. The lowest BCUT2D eigenvalue weighted by atomic mass is 10.0. The van der Waals surface area contributed by atoms with E-state index in [1.165, 1.54) is 11.1 Å². The molecule has 0 aromatic heterocycles. The van der Waals surface area contributed by atoms with Gasteiger partial charge in [0.05, 0.1) is 19.3 Å². The van der Waals surface area contributed by atoms with E-state index in [2.05, 4.69) is 46.7 Å². The van der Waals surface area contributed by atoms with Crippen molar-refractivity contribution in [3.63, 3.8) is 0 Å². The Bertz CT molecular complexity index is 550. The first-order valence-corrected chi connectivity index (χ1v) is 10.3. The van der Waals surface area contributed by atoms with Gasteiger partial charge in [-0.1, -0.05) is 29.8 Å². The normalized spacial score (nSPS) is 21.4. The molecule has 1 aromatic rings. The van der Waals surface area contributed by atoms with Crippen molar-refractivity contribution in [2.24, 2.45) is 0 Å². The van der Waals surface area contributed by atoms with E-state index in [0.29, 0.717) is 19.0 Å². The first kappa shape index (κ1) is 24.5. The van der Waals surface area contributed by atoms with Crippen LogP contribution in [0.1, 0.15) is 23.6 Å². The molecule has 2 aliphatic heterocycles. The lowest BCUT2D eigenvalue weighted by Crippen LogP contribution is -2.45. The van der Waals surface area contributed by atoms with E-state index in [0.717, 1.165) is 44.4 Å². The summed E-state index contributed by atoms with van der Waals surface area (Å²) in [6.45, 7) is 7.11. The van der Waals surface area contributed by atoms with Crippen LogP contribution in [0.3, 0.4) is 0 Å². The second kappa shape index (κ2) is 12.9. The maximum Gasteiger partial charge on any atom is 0.221 e. The van der Waals surface area contributed by atoms with Gasteiger partial charge in [-0.2, -0.15) is 11.8 Å². The zero-order valence-corrected chi connectivity index (χ0v) is 18.3. The minimum atomic E-state index is 0. The third-order valence-corrected chi connectivity index (χ3v) is 6.00. The van der Waals surface area contributed by atoms with E-state index in [-0.39, 0.29) is 36.8 Å². The zero-order valence-electron chi connectivity index (χ0n) is 15.8. The number of nitrogens with zero attached hydrogens (tertiary/aromatic N) is 1. The molecule has 5 nitrogen and oxygen atoms in total. The molecule has 0 aliphatic carbocycles. The molecule has 0 bridgehead atoms. The quantitative estimate of drug-likeness (QED) is 0.718. The van der Waals surface area contributed by atoms with Crippen LogP contribution in [0.2, 0.25) is 0 Å². The number of rotatable bonds is 6. The Morgan fingerprint density at radius 2 is 2.00 bits per heavy atom. The molecule has 3 rings (SSSR count). The summed E-state index contributed by atoms with van der Waals surface area (Å²) in [5, 5.41) is 6.60. The second-order valence-electron chi connectivity index (χ2n) is 6.81. The van der Waals surface area contributed by atoms with Gasteiger partial charge in [-0.25, -0.2) is 0 Å². The largest absolute Gasteiger partial charge is 0.379 e. The Morgan fingerprint density at radius 1 is 1.30 bits per heavy atom. The molecule has 2 atom stereocenters. The van der Waals surface area contributed by atoms with Crippen LogP contribution in [0.5, 0.6) is 0 Å². The van der Waals surface area contributed by atoms with Crippen molar-refractivity contribution in [3.05, 3.63) is 35.4 Å². The maximum absolute atomic E-state index is 12.4. The van der Waals surface area contributed by atoms with Gasteiger partial charge in [-0.15, -0.1) is 24.8 Å². The van der Waals surface area contributed by atoms with Crippen LogP contribution in [-0.2, 0) is 9.53 Å². The second-order valence-corrected chi connectivity index (χ2v) is 7.96. The van der Waals surface area contributed by atoms with E-state index in [9.17, 15) is 4.79 Å². The van der Waals surface area contributed by atoms with Crippen LogP contribution in [0.15, 0.2) is 24.3 Å². The standard InChI is InChI=1S/C19H29N3O2S.2ClH/c1-15-2-4-16(5-3-15)18(22-7-9-24-10-8-22)13-21-19(23)12-17-14-25-11-6-20-17;;/h2-5,17-18,20H,6-14H2,1H3,(H,21,23);2*1H. The van der Waals surface area contributed by atoms with Gasteiger partial charge in [-0.05, 0) is 12.5 Å². The summed E-state index contributed by atoms with van der Waals surface area (Å²) in [5.74, 6) is 2.31. The van der Waals surface area contributed by atoms with E-state index in [4.69, 9.17) is 4.74 Å². The number of nitrogens with one attached hydrogen (secondary N) is 2. The van der Waals surface area contributed by atoms with Crippen molar-refractivity contribution in [1.82, 2.24) is 15.5 Å². The molecule has 2 saturated heterocycles. The molecule has 2 fully saturated rings. The predicted octanol–water partition coefficient (Wildman–Crippen LogP) is 2.42. The molecule has 2 N–H and O–H groups in total. The SMILES string of the molecule is Cc1ccc(C(CNC(=O)CC2CSCCN2)N2CCOCC2)cc1.Cl.Cl. The number of halogens is 2. The zero-order chi connectivity index (χ0) is 17.5. The van der Waals surface area contributed by atoms with Crippen LogP contribution in [0.4, 0.5) is 0 Å². The fourth-order valence-corrected chi connectivity index (χ4v) is 4.34. The molecule has 1 amide bonds. The van der Waals surface area contributed by atoms with Gasteiger partial charge in [0, 0.05) is 50.1 Å². The first-order chi connectivity index (χ1) is 12.2. The fourth-order valence-electron chi connectivity index (χ4n) is 3.39. The number of aryl methyl sites for hydroxylation is 1. The van der Waals surface area contributed by atoms with Crippen LogP contribution in [-0.4, -0.2) is 67.7 Å². The molecule has 154 valence electrons. The number of ether oxygens (including phenoxy) is 1. The van der Waals surface area contributed by atoms with Gasteiger partial charge in [0.1, 0.15) is 0 Å². The minimum Gasteiger partial charge on any atom is -0.379 e. The average molecular weight is 436 g/mol. The number of carbonyl (C=O) groups excluding carboxylic acids is 1. The monoisotopic (exact) mass is 435 g/mol. The molecule has 0 radical (unpaired) electrons. The molecule has 27 heavy (non-hydrogen) atoms. The van der Waals surface area contributed by atoms with Crippen LogP contribution in [0, 0.1) is 6.92 Å². The molecular formula is C19H31Cl2N3O2S. The highest BCUT2D eigenvalue weighted by Crippen LogP contribution is 2.22. The molecule has 0 spiro atoms. The Labute approximate surface area is 179 Å². The van der Waals surface area contributed by atoms with E-state index < -0.39 is 0 Å². The van der Waals surface area contributed by atoms with Crippen molar-refractivity contribution in [2.45, 2.75) is 25.4 Å². The Balaban J connectivity index is 0.00000182. The van der Waals surface area contributed by atoms with E-state index >= 15 is 0 Å². The summed E-state index contributed by atoms with van der Waals surface area (Å²) < 4.78 is 5.49. The first-order valence-electron chi connectivity index (χ1n) is 9.18. The van der Waals surface area contributed by atoms with E-state index in [1.54, 1.807) is 0 Å². The van der Waals surface area contributed by atoms with Gasteiger partial charge in [0.15, 0.2) is 0 Å². The summed E-state index contributed by atoms with van der Waals surface area (Å²) in [6.07, 6.45) is 0.566. The molecule has 8 heteroatoms. The van der Waals surface area contributed by atoms with E-state index in [1.807, 2.05) is 11.8 Å². The average Bonchev–Trinajstić information content (AvgIpc) is 2.65. The molecular weight excluding hydrogens is 405 g/mol. The number of hydrogen-bond donors (Lipinski definition) is 2. The van der Waals surface area contributed by atoms with Gasteiger partial charge in [0.25, 0.3) is 0 Å². The van der Waals surface area contributed by atoms with Crippen LogP contribution < -0.4 is 10.6 Å². The van der Waals surface area contributed by atoms with Crippen molar-refractivity contribution in [3.8, 4) is 0 Å². The molecule has 1 aromatic carbocycles. The maximum atomic E-state index is 12.4. The van der Waals surface area contributed by atoms with Crippen LogP contribution >= 0.6 is 36.6 Å². The Morgan fingerprint density at radius 3 is 2.63 bits per heavy atom. The molecule has 2 heterocycles. The summed E-state index contributed by atoms with van der Waals surface area (Å²) >= 11 is 1.93. The highest BCUT2D eigenvalue weighted by atomic mass is 35.5. The topological polar surface area (TPSA) is 53.6 Å². The van der Waals surface area contributed by atoms with Crippen LogP contribution in [0.25, 0.3) is 0 Å². The third-order valence-electron chi connectivity index (χ3n) is 4.87. The number of amides is 1. The predicted molar refractivity (Wildman–Crippen MR) is 118 cm³/mol. The summed E-state index contributed by atoms with van der Waals surface area (Å²) in [6, 6.07) is 9.17. The number of thioether (sulfide) groups is 1. The van der Waals surface area contributed by atoms with Crippen molar-refractivity contribution in [1.29, 1.82) is 0 Å². The number of morpholine rings is 1. The Kier molecular flexibility index (Phi) is 11.7. The fraction of sp³-hybridized carbons (Fsp3) is 0.632. The molecule has 0 saturated carbocycles. The summed E-state index contributed by atoms with van der Waals surface area (Å²) in [5.41, 5.74) is 2.52. The highest BCUT2D eigenvalue weighted by molar-refractivity contribution is 7.99. The number of benzene rings is 1. The minimum absolute atomic E-state index is 0. The smallest absolute Gasteiger partial charge is 0.221 e. The van der Waals surface area contributed by atoms with Gasteiger partial charge < -0.3 is 15.4 Å². The summed E-state index contributed by atoms with van der Waals surface area (Å²) in [4.78, 5) is 14.8. The number of carbonyl (C=O) groups is 1. The van der Waals surface area contributed by atoms with Gasteiger partial charge in [-0.3, -0.25) is 9.69 Å². The lowest BCUT2D eigenvalue weighted by molar-refractivity contribution is -0.121. The van der Waals surface area contributed by atoms with Crippen molar-refractivity contribution in [2.75, 3.05) is 50.9 Å². The highest BCUT2D eigenvalue weighted by Gasteiger charge is 2.24. The lowest BCUT2D eigenvalue weighted by Gasteiger charge is -2.35.